The number of urea groups is 1. The number of benzene rings is 2. The molecule has 2 N–H and O–H groups in total. The molecular weight excluding hydrogens is 450 g/mol. The van der Waals surface area contributed by atoms with E-state index in [-0.39, 0.29) is 30.9 Å². The van der Waals surface area contributed by atoms with Crippen LogP contribution in [0.25, 0.3) is 10.9 Å². The molecule has 1 aromatic heterocycles. The average molecular weight is 476 g/mol. The fourth-order valence-electron chi connectivity index (χ4n) is 3.90. The summed E-state index contributed by atoms with van der Waals surface area (Å²) in [6.45, 7) is 1.53. The molecule has 2 heterocycles. The standard InChI is InChI=1S/C26H25N3O6/c1-3-34-25(31)22-20(28-26(32)29-24(22)17-9-11-19(33-2)12-10-17)15-35-21(30)14-18-7-4-6-16-8-5-13-27-23(16)18/h4-13,24H,3,14-15H2,1-2H3,(H2,28,29,32). The van der Waals surface area contributed by atoms with E-state index in [4.69, 9.17) is 14.2 Å². The number of para-hydroxylation sites is 1. The molecule has 0 bridgehead atoms. The third-order valence-electron chi connectivity index (χ3n) is 5.53. The number of nitrogens with one attached hydrogen (secondary N) is 2. The van der Waals surface area contributed by atoms with Crippen LogP contribution in [0.3, 0.4) is 0 Å². The Kier molecular flexibility index (Phi) is 7.25. The number of hydrogen-bond donors (Lipinski definition) is 2. The number of rotatable bonds is 8. The minimum atomic E-state index is -0.787. The predicted octanol–water partition coefficient (Wildman–Crippen LogP) is 3.20. The second-order valence-electron chi connectivity index (χ2n) is 7.75. The summed E-state index contributed by atoms with van der Waals surface area (Å²) >= 11 is 0. The Morgan fingerprint density at radius 3 is 2.54 bits per heavy atom. The van der Waals surface area contributed by atoms with E-state index < -0.39 is 24.0 Å². The van der Waals surface area contributed by atoms with Gasteiger partial charge in [0.2, 0.25) is 0 Å². The Labute approximate surface area is 202 Å². The smallest absolute Gasteiger partial charge is 0.338 e. The van der Waals surface area contributed by atoms with Crippen LogP contribution >= 0.6 is 0 Å². The van der Waals surface area contributed by atoms with Crippen molar-refractivity contribution in [1.82, 2.24) is 15.6 Å². The lowest BCUT2D eigenvalue weighted by Gasteiger charge is -2.29. The van der Waals surface area contributed by atoms with Gasteiger partial charge in [-0.25, -0.2) is 9.59 Å². The first kappa shape index (κ1) is 23.7. The highest BCUT2D eigenvalue weighted by Crippen LogP contribution is 2.29. The SMILES string of the molecule is CCOC(=O)C1=C(COC(=O)Cc2cccc3cccnc23)NC(=O)NC1c1ccc(OC)cc1. The number of carbonyl (C=O) groups is 3. The fraction of sp³-hybridized carbons (Fsp3) is 0.231. The minimum Gasteiger partial charge on any atom is -0.497 e. The summed E-state index contributed by atoms with van der Waals surface area (Å²) in [5, 5.41) is 6.25. The first-order chi connectivity index (χ1) is 17.0. The molecule has 1 atom stereocenters. The van der Waals surface area contributed by atoms with E-state index in [1.54, 1.807) is 44.5 Å². The van der Waals surface area contributed by atoms with Gasteiger partial charge in [0.25, 0.3) is 0 Å². The molecule has 0 aliphatic carbocycles. The third kappa shape index (κ3) is 5.40. The van der Waals surface area contributed by atoms with E-state index in [0.717, 1.165) is 10.9 Å². The second-order valence-corrected chi connectivity index (χ2v) is 7.75. The number of hydrogen-bond acceptors (Lipinski definition) is 7. The van der Waals surface area contributed by atoms with Crippen molar-refractivity contribution in [1.29, 1.82) is 0 Å². The number of esters is 2. The van der Waals surface area contributed by atoms with Crippen molar-refractivity contribution in [3.8, 4) is 5.75 Å². The topological polar surface area (TPSA) is 116 Å². The summed E-state index contributed by atoms with van der Waals surface area (Å²) in [6, 6.07) is 14.9. The van der Waals surface area contributed by atoms with Crippen LogP contribution in [0.1, 0.15) is 24.1 Å². The molecule has 2 amide bonds. The van der Waals surface area contributed by atoms with Crippen molar-refractivity contribution in [2.45, 2.75) is 19.4 Å². The van der Waals surface area contributed by atoms with Gasteiger partial charge in [0.1, 0.15) is 12.4 Å². The number of ether oxygens (including phenoxy) is 3. The first-order valence-corrected chi connectivity index (χ1v) is 11.1. The van der Waals surface area contributed by atoms with Crippen molar-refractivity contribution < 1.29 is 28.6 Å². The van der Waals surface area contributed by atoms with Gasteiger partial charge in [-0.15, -0.1) is 0 Å². The van der Waals surface area contributed by atoms with Crippen LogP contribution in [-0.4, -0.2) is 43.3 Å². The Morgan fingerprint density at radius 1 is 1.03 bits per heavy atom. The van der Waals surface area contributed by atoms with Gasteiger partial charge in [-0.05, 0) is 36.2 Å². The Balaban J connectivity index is 1.58. The van der Waals surface area contributed by atoms with Crippen molar-refractivity contribution in [2.75, 3.05) is 20.3 Å². The van der Waals surface area contributed by atoms with E-state index in [1.165, 1.54) is 0 Å². The number of aromatic nitrogens is 1. The lowest BCUT2D eigenvalue weighted by atomic mass is 9.95. The largest absolute Gasteiger partial charge is 0.497 e. The van der Waals surface area contributed by atoms with Crippen LogP contribution in [0.2, 0.25) is 0 Å². The molecule has 0 saturated heterocycles. The third-order valence-corrected chi connectivity index (χ3v) is 5.53. The predicted molar refractivity (Wildman–Crippen MR) is 127 cm³/mol. The zero-order valence-electron chi connectivity index (χ0n) is 19.4. The second kappa shape index (κ2) is 10.7. The highest BCUT2D eigenvalue weighted by Gasteiger charge is 2.34. The Morgan fingerprint density at radius 2 is 1.80 bits per heavy atom. The zero-order valence-corrected chi connectivity index (χ0v) is 19.4. The molecule has 2 aromatic carbocycles. The molecule has 35 heavy (non-hydrogen) atoms. The molecule has 0 saturated carbocycles. The quantitative estimate of drug-likeness (QED) is 0.481. The molecule has 9 nitrogen and oxygen atoms in total. The first-order valence-electron chi connectivity index (χ1n) is 11.1. The summed E-state index contributed by atoms with van der Waals surface area (Å²) in [5.41, 5.74) is 2.41. The van der Waals surface area contributed by atoms with Gasteiger partial charge < -0.3 is 24.8 Å². The van der Waals surface area contributed by atoms with Gasteiger partial charge >= 0.3 is 18.0 Å². The zero-order chi connectivity index (χ0) is 24.8. The van der Waals surface area contributed by atoms with Crippen molar-refractivity contribution in [2.24, 2.45) is 0 Å². The van der Waals surface area contributed by atoms with Crippen molar-refractivity contribution in [3.63, 3.8) is 0 Å². The van der Waals surface area contributed by atoms with Gasteiger partial charge in [-0.1, -0.05) is 36.4 Å². The number of fused-ring (bicyclic) bond motifs is 1. The number of carbonyl (C=O) groups excluding carboxylic acids is 3. The summed E-state index contributed by atoms with van der Waals surface area (Å²) < 4.78 is 15.9. The van der Waals surface area contributed by atoms with Gasteiger partial charge in [0.05, 0.1) is 43.0 Å². The van der Waals surface area contributed by atoms with E-state index >= 15 is 0 Å². The van der Waals surface area contributed by atoms with E-state index in [2.05, 4.69) is 15.6 Å². The molecule has 180 valence electrons. The molecule has 0 spiro atoms. The van der Waals surface area contributed by atoms with Crippen LogP contribution in [0.4, 0.5) is 4.79 Å². The van der Waals surface area contributed by atoms with E-state index in [1.807, 2.05) is 30.3 Å². The van der Waals surface area contributed by atoms with Crippen LogP contribution in [0.5, 0.6) is 5.75 Å². The minimum absolute atomic E-state index is 0.00945. The molecule has 1 unspecified atom stereocenters. The van der Waals surface area contributed by atoms with E-state index in [0.29, 0.717) is 16.8 Å². The summed E-state index contributed by atoms with van der Waals surface area (Å²) in [5.74, 6) is -0.509. The summed E-state index contributed by atoms with van der Waals surface area (Å²) in [4.78, 5) is 42.3. The molecule has 1 aliphatic rings. The molecule has 9 heteroatoms. The molecule has 0 radical (unpaired) electrons. The highest BCUT2D eigenvalue weighted by atomic mass is 16.5. The highest BCUT2D eigenvalue weighted by molar-refractivity contribution is 5.95. The number of methoxy groups -OCH3 is 1. The summed E-state index contributed by atoms with van der Waals surface area (Å²) in [7, 11) is 1.55. The Bertz CT molecular complexity index is 1280. The van der Waals surface area contributed by atoms with Gasteiger partial charge in [0, 0.05) is 11.6 Å². The Hall–Kier alpha value is -4.40. The van der Waals surface area contributed by atoms with Crippen LogP contribution in [0, 0.1) is 0 Å². The number of pyridine rings is 1. The maximum Gasteiger partial charge on any atom is 0.338 e. The van der Waals surface area contributed by atoms with Gasteiger partial charge in [0.15, 0.2) is 0 Å². The van der Waals surface area contributed by atoms with Crippen LogP contribution < -0.4 is 15.4 Å². The lowest BCUT2D eigenvalue weighted by molar-refractivity contribution is -0.143. The lowest BCUT2D eigenvalue weighted by Crippen LogP contribution is -2.47. The maximum absolute atomic E-state index is 12.9. The molecule has 3 aromatic rings. The monoisotopic (exact) mass is 475 g/mol. The van der Waals surface area contributed by atoms with Gasteiger partial charge in [-0.2, -0.15) is 0 Å². The van der Waals surface area contributed by atoms with Gasteiger partial charge in [-0.3, -0.25) is 9.78 Å². The molecule has 1 aliphatic heterocycles. The maximum atomic E-state index is 12.9. The fourth-order valence-corrected chi connectivity index (χ4v) is 3.90. The normalized spacial score (nSPS) is 15.3. The summed E-state index contributed by atoms with van der Waals surface area (Å²) in [6.07, 6.45) is 1.65. The van der Waals surface area contributed by atoms with E-state index in [9.17, 15) is 14.4 Å². The number of amides is 2. The van der Waals surface area contributed by atoms with Crippen molar-refractivity contribution >= 4 is 28.9 Å². The molecular formula is C26H25N3O6. The van der Waals surface area contributed by atoms with Crippen LogP contribution in [-0.2, 0) is 25.5 Å². The molecule has 0 fully saturated rings. The molecule has 4 rings (SSSR count). The average Bonchev–Trinajstić information content (AvgIpc) is 2.87. The number of nitrogens with zero attached hydrogens (tertiary/aromatic N) is 1. The van der Waals surface area contributed by atoms with Crippen LogP contribution in [0.15, 0.2) is 72.1 Å². The van der Waals surface area contributed by atoms with Crippen molar-refractivity contribution in [3.05, 3.63) is 83.2 Å².